The Labute approximate surface area is 125 Å². The molecule has 21 heavy (non-hydrogen) atoms. The molecule has 0 saturated heterocycles. The molecule has 1 amide bonds. The van der Waals surface area contributed by atoms with Crippen molar-refractivity contribution in [1.29, 1.82) is 0 Å². The molecule has 1 aromatic carbocycles. The molecule has 1 N–H and O–H groups in total. The minimum Gasteiger partial charge on any atom is -0.431 e. The lowest BCUT2D eigenvalue weighted by atomic mass is 10.3. The van der Waals surface area contributed by atoms with Crippen LogP contribution in [0.3, 0.4) is 0 Å². The van der Waals surface area contributed by atoms with Gasteiger partial charge in [-0.05, 0) is 19.4 Å². The normalized spacial score (nSPS) is 12.3. The molecule has 8 heteroatoms. The van der Waals surface area contributed by atoms with Crippen molar-refractivity contribution in [2.75, 3.05) is 5.75 Å². The summed E-state index contributed by atoms with van der Waals surface area (Å²) < 4.78 is 5.43. The summed E-state index contributed by atoms with van der Waals surface area (Å²) >= 11 is 1.16. The number of hydrogen-bond donors (Lipinski definition) is 1. The van der Waals surface area contributed by atoms with Crippen LogP contribution in [0.2, 0.25) is 0 Å². The van der Waals surface area contributed by atoms with Crippen molar-refractivity contribution in [2.24, 2.45) is 0 Å². The van der Waals surface area contributed by atoms with Crippen molar-refractivity contribution < 1.29 is 14.1 Å². The lowest BCUT2D eigenvalue weighted by Crippen LogP contribution is -2.33. The SMILES string of the molecule is CC[C@@H](C)NC(=O)CSc1nc2cc([N+](=O)[O-])ccc2o1. The van der Waals surface area contributed by atoms with Crippen LogP contribution in [-0.4, -0.2) is 27.6 Å². The zero-order valence-electron chi connectivity index (χ0n) is 11.7. The van der Waals surface area contributed by atoms with Crippen molar-refractivity contribution in [2.45, 2.75) is 31.5 Å². The van der Waals surface area contributed by atoms with Crippen LogP contribution in [0.4, 0.5) is 5.69 Å². The molecule has 2 rings (SSSR count). The number of benzene rings is 1. The summed E-state index contributed by atoms with van der Waals surface area (Å²) in [4.78, 5) is 26.0. The average Bonchev–Trinajstić information content (AvgIpc) is 2.86. The zero-order valence-corrected chi connectivity index (χ0v) is 12.5. The summed E-state index contributed by atoms with van der Waals surface area (Å²) in [5, 5.41) is 13.8. The first-order valence-corrected chi connectivity index (χ1v) is 7.45. The minimum atomic E-state index is -0.486. The van der Waals surface area contributed by atoms with E-state index < -0.39 is 4.92 Å². The lowest BCUT2D eigenvalue weighted by Gasteiger charge is -2.09. The highest BCUT2D eigenvalue weighted by Crippen LogP contribution is 2.26. The number of carbonyl (C=O) groups is 1. The Kier molecular flexibility index (Phi) is 4.79. The maximum Gasteiger partial charge on any atom is 0.271 e. The average molecular weight is 309 g/mol. The largest absolute Gasteiger partial charge is 0.431 e. The summed E-state index contributed by atoms with van der Waals surface area (Å²) in [7, 11) is 0. The number of thioether (sulfide) groups is 1. The van der Waals surface area contributed by atoms with E-state index in [1.165, 1.54) is 18.2 Å². The monoisotopic (exact) mass is 309 g/mol. The Morgan fingerprint density at radius 3 is 3.00 bits per heavy atom. The second kappa shape index (κ2) is 6.57. The Balaban J connectivity index is 2.03. The van der Waals surface area contributed by atoms with Crippen LogP contribution in [0.1, 0.15) is 20.3 Å². The molecule has 0 aliphatic heterocycles. The van der Waals surface area contributed by atoms with Crippen LogP contribution in [0.5, 0.6) is 0 Å². The molecule has 112 valence electrons. The molecule has 0 unspecified atom stereocenters. The van der Waals surface area contributed by atoms with E-state index >= 15 is 0 Å². The van der Waals surface area contributed by atoms with Crippen LogP contribution < -0.4 is 5.32 Å². The summed E-state index contributed by atoms with van der Waals surface area (Å²) in [6, 6.07) is 4.34. The van der Waals surface area contributed by atoms with Crippen molar-refractivity contribution in [3.05, 3.63) is 28.3 Å². The molecular formula is C13H15N3O4S. The molecule has 0 radical (unpaired) electrons. The van der Waals surface area contributed by atoms with Gasteiger partial charge in [0.05, 0.1) is 10.7 Å². The Hall–Kier alpha value is -2.09. The van der Waals surface area contributed by atoms with Gasteiger partial charge in [-0.1, -0.05) is 18.7 Å². The van der Waals surface area contributed by atoms with Crippen molar-refractivity contribution in [1.82, 2.24) is 10.3 Å². The van der Waals surface area contributed by atoms with Crippen LogP contribution in [0, 0.1) is 10.1 Å². The van der Waals surface area contributed by atoms with Gasteiger partial charge in [-0.15, -0.1) is 0 Å². The van der Waals surface area contributed by atoms with E-state index in [4.69, 9.17) is 4.42 Å². The number of hydrogen-bond acceptors (Lipinski definition) is 6. The molecule has 7 nitrogen and oxygen atoms in total. The van der Waals surface area contributed by atoms with E-state index in [1.54, 1.807) is 0 Å². The number of amides is 1. The van der Waals surface area contributed by atoms with Gasteiger partial charge in [-0.3, -0.25) is 14.9 Å². The predicted molar refractivity (Wildman–Crippen MR) is 79.3 cm³/mol. The molecule has 1 aromatic heterocycles. The van der Waals surface area contributed by atoms with Crippen LogP contribution in [0.15, 0.2) is 27.8 Å². The number of nitro benzene ring substituents is 1. The first-order valence-electron chi connectivity index (χ1n) is 6.46. The number of carbonyl (C=O) groups excluding carboxylic acids is 1. The highest BCUT2D eigenvalue weighted by Gasteiger charge is 2.13. The quantitative estimate of drug-likeness (QED) is 0.500. The second-order valence-corrected chi connectivity index (χ2v) is 5.48. The van der Waals surface area contributed by atoms with Crippen LogP contribution >= 0.6 is 11.8 Å². The van der Waals surface area contributed by atoms with Gasteiger partial charge in [-0.25, -0.2) is 4.98 Å². The molecule has 2 aromatic rings. The Morgan fingerprint density at radius 2 is 2.33 bits per heavy atom. The maximum absolute atomic E-state index is 11.7. The van der Waals surface area contributed by atoms with Gasteiger partial charge in [0, 0.05) is 18.2 Å². The maximum atomic E-state index is 11.7. The predicted octanol–water partition coefficient (Wildman–Crippen LogP) is 2.74. The summed E-state index contributed by atoms with van der Waals surface area (Å²) in [5.74, 6) is 0.0989. The number of oxazole rings is 1. The van der Waals surface area contributed by atoms with Gasteiger partial charge < -0.3 is 9.73 Å². The number of nitro groups is 1. The Morgan fingerprint density at radius 1 is 1.57 bits per heavy atom. The number of nitrogens with zero attached hydrogens (tertiary/aromatic N) is 2. The molecule has 0 saturated carbocycles. The first-order chi connectivity index (χ1) is 9.99. The van der Waals surface area contributed by atoms with E-state index in [1.807, 2.05) is 13.8 Å². The Bertz CT molecular complexity index is 670. The summed E-state index contributed by atoms with van der Waals surface area (Å²) in [5.41, 5.74) is 0.835. The molecule has 1 heterocycles. The number of fused-ring (bicyclic) bond motifs is 1. The fourth-order valence-electron chi connectivity index (χ4n) is 1.62. The van der Waals surface area contributed by atoms with Gasteiger partial charge in [0.2, 0.25) is 5.91 Å². The highest BCUT2D eigenvalue weighted by atomic mass is 32.2. The van der Waals surface area contributed by atoms with E-state index in [9.17, 15) is 14.9 Å². The van der Waals surface area contributed by atoms with E-state index in [0.717, 1.165) is 18.2 Å². The van der Waals surface area contributed by atoms with E-state index in [2.05, 4.69) is 10.3 Å². The van der Waals surface area contributed by atoms with Crippen LogP contribution in [0.25, 0.3) is 11.1 Å². The summed E-state index contributed by atoms with van der Waals surface area (Å²) in [6.07, 6.45) is 0.864. The summed E-state index contributed by atoms with van der Waals surface area (Å²) in [6.45, 7) is 3.92. The van der Waals surface area contributed by atoms with Gasteiger partial charge in [-0.2, -0.15) is 0 Å². The molecule has 0 aliphatic carbocycles. The fraction of sp³-hybridized carbons (Fsp3) is 0.385. The number of nitrogens with one attached hydrogen (secondary N) is 1. The molecule has 0 aliphatic rings. The third-order valence-electron chi connectivity index (χ3n) is 2.91. The number of aromatic nitrogens is 1. The first kappa shape index (κ1) is 15.3. The standard InChI is InChI=1S/C13H15N3O4S/c1-3-8(2)14-12(17)7-21-13-15-10-6-9(16(18)19)4-5-11(10)20-13/h4-6,8H,3,7H2,1-2H3,(H,14,17)/t8-/m1/s1. The molecule has 0 bridgehead atoms. The molecule has 0 spiro atoms. The van der Waals surface area contributed by atoms with Crippen molar-refractivity contribution in [3.63, 3.8) is 0 Å². The van der Waals surface area contributed by atoms with Gasteiger partial charge in [0.15, 0.2) is 5.58 Å². The van der Waals surface area contributed by atoms with Crippen molar-refractivity contribution in [3.8, 4) is 0 Å². The smallest absolute Gasteiger partial charge is 0.271 e. The van der Waals surface area contributed by atoms with E-state index in [0.29, 0.717) is 16.3 Å². The second-order valence-electron chi connectivity index (χ2n) is 4.55. The molecular weight excluding hydrogens is 294 g/mol. The van der Waals surface area contributed by atoms with Gasteiger partial charge >= 0.3 is 0 Å². The lowest BCUT2D eigenvalue weighted by molar-refractivity contribution is -0.384. The fourth-order valence-corrected chi connectivity index (χ4v) is 2.27. The highest BCUT2D eigenvalue weighted by molar-refractivity contribution is 7.99. The van der Waals surface area contributed by atoms with Crippen molar-refractivity contribution >= 4 is 34.5 Å². The third kappa shape index (κ3) is 3.94. The zero-order chi connectivity index (χ0) is 15.4. The third-order valence-corrected chi connectivity index (χ3v) is 3.74. The molecule has 0 fully saturated rings. The number of rotatable bonds is 6. The van der Waals surface area contributed by atoms with E-state index in [-0.39, 0.29) is 23.4 Å². The minimum absolute atomic E-state index is 0.0399. The van der Waals surface area contributed by atoms with Gasteiger partial charge in [0.25, 0.3) is 10.9 Å². The van der Waals surface area contributed by atoms with Gasteiger partial charge in [0.1, 0.15) is 5.52 Å². The number of non-ortho nitro benzene ring substituents is 1. The molecule has 1 atom stereocenters. The van der Waals surface area contributed by atoms with Crippen LogP contribution in [-0.2, 0) is 4.79 Å². The topological polar surface area (TPSA) is 98.3 Å².